The molecule has 40 valence electrons. The molecule has 0 aliphatic heterocycles. The fourth-order valence-corrected chi connectivity index (χ4v) is 0.241. The molecule has 2 nitrogen and oxygen atoms in total. The average Bonchev–Trinajstić information content (AvgIpc) is 1.35. The minimum Gasteiger partial charge on any atom is -0.368 e. The van der Waals surface area contributed by atoms with Crippen molar-refractivity contribution in [3.05, 3.63) is 0 Å². The maximum Gasteiger partial charge on any atom is 0.151 e. The zero-order valence-electron chi connectivity index (χ0n) is 4.85. The molecule has 0 spiro atoms. The average molecular weight is 156 g/mol. The van der Waals surface area contributed by atoms with Crippen LogP contribution in [0.15, 0.2) is 0 Å². The number of hydrogen-bond acceptors (Lipinski definition) is 2. The first kappa shape index (κ1) is 10.5. The van der Waals surface area contributed by atoms with Gasteiger partial charge in [0.05, 0.1) is 0 Å². The Morgan fingerprint density at radius 3 is 2.14 bits per heavy atom. The van der Waals surface area contributed by atoms with Crippen molar-refractivity contribution in [3.63, 3.8) is 0 Å². The van der Waals surface area contributed by atoms with Crippen LogP contribution < -0.4 is 0 Å². The van der Waals surface area contributed by atoms with Gasteiger partial charge >= 0.3 is 0 Å². The molecule has 0 amide bonds. The zero-order valence-corrected chi connectivity index (χ0v) is 7.81. The summed E-state index contributed by atoms with van der Waals surface area (Å²) in [5.41, 5.74) is 0. The quantitative estimate of drug-likeness (QED) is 0.461. The van der Waals surface area contributed by atoms with Gasteiger partial charge < -0.3 is 9.84 Å². The molecule has 1 N–H and O–H groups in total. The van der Waals surface area contributed by atoms with Gasteiger partial charge in [0.15, 0.2) is 6.29 Å². The SMILES string of the molecule is CCOC(C)O.[Zn]. The second-order valence-electron chi connectivity index (χ2n) is 1.05. The summed E-state index contributed by atoms with van der Waals surface area (Å²) < 4.78 is 4.60. The van der Waals surface area contributed by atoms with Crippen LogP contribution in [0.4, 0.5) is 0 Å². The van der Waals surface area contributed by atoms with E-state index in [9.17, 15) is 0 Å². The maximum atomic E-state index is 8.33. The summed E-state index contributed by atoms with van der Waals surface area (Å²) in [6, 6.07) is 0. The van der Waals surface area contributed by atoms with E-state index in [0.717, 1.165) is 0 Å². The van der Waals surface area contributed by atoms with Gasteiger partial charge in [-0.1, -0.05) is 0 Å². The van der Waals surface area contributed by atoms with Crippen molar-refractivity contribution in [1.29, 1.82) is 0 Å². The van der Waals surface area contributed by atoms with Gasteiger partial charge in [0.1, 0.15) is 0 Å². The molecule has 1 atom stereocenters. The van der Waals surface area contributed by atoms with E-state index in [-0.39, 0.29) is 19.5 Å². The van der Waals surface area contributed by atoms with Crippen molar-refractivity contribution < 1.29 is 29.3 Å². The Balaban J connectivity index is 0. The normalized spacial score (nSPS) is 12.4. The summed E-state index contributed by atoms with van der Waals surface area (Å²) in [5, 5.41) is 8.33. The van der Waals surface area contributed by atoms with Crippen LogP contribution in [0.5, 0.6) is 0 Å². The van der Waals surface area contributed by atoms with Crippen LogP contribution in [0.2, 0.25) is 0 Å². The molecule has 0 fully saturated rings. The van der Waals surface area contributed by atoms with Crippen LogP contribution in [-0.4, -0.2) is 18.0 Å². The molecule has 0 aromatic carbocycles. The Kier molecular flexibility index (Phi) is 9.82. The molecule has 0 heterocycles. The molecule has 0 bridgehead atoms. The Morgan fingerprint density at radius 1 is 1.71 bits per heavy atom. The van der Waals surface area contributed by atoms with Crippen molar-refractivity contribution in [2.75, 3.05) is 6.61 Å². The Morgan fingerprint density at radius 2 is 2.14 bits per heavy atom. The van der Waals surface area contributed by atoms with Crippen LogP contribution >= 0.6 is 0 Å². The minimum atomic E-state index is -0.602. The molecule has 0 aliphatic carbocycles. The van der Waals surface area contributed by atoms with E-state index >= 15 is 0 Å². The van der Waals surface area contributed by atoms with Gasteiger partial charge in [-0.05, 0) is 13.8 Å². The maximum absolute atomic E-state index is 8.33. The summed E-state index contributed by atoms with van der Waals surface area (Å²) in [7, 11) is 0. The molecule has 3 heteroatoms. The summed E-state index contributed by atoms with van der Waals surface area (Å²) in [4.78, 5) is 0. The Bertz CT molecular complexity index is 30.9. The van der Waals surface area contributed by atoms with Crippen molar-refractivity contribution in [3.8, 4) is 0 Å². The third-order valence-electron chi connectivity index (χ3n) is 0.408. The molecule has 0 aromatic heterocycles. The first-order chi connectivity index (χ1) is 2.77. The second kappa shape index (κ2) is 6.54. The van der Waals surface area contributed by atoms with E-state index in [0.29, 0.717) is 6.61 Å². The fraction of sp³-hybridized carbons (Fsp3) is 1.00. The number of rotatable bonds is 2. The topological polar surface area (TPSA) is 29.5 Å². The van der Waals surface area contributed by atoms with Crippen molar-refractivity contribution in [2.24, 2.45) is 0 Å². The van der Waals surface area contributed by atoms with E-state index < -0.39 is 6.29 Å². The summed E-state index contributed by atoms with van der Waals surface area (Å²) in [6.45, 7) is 4.01. The van der Waals surface area contributed by atoms with E-state index in [1.807, 2.05) is 6.92 Å². The largest absolute Gasteiger partial charge is 0.368 e. The first-order valence-electron chi connectivity index (χ1n) is 2.07. The zero-order chi connectivity index (χ0) is 4.99. The predicted octanol–water partition coefficient (Wildman–Crippen LogP) is 0.359. The van der Waals surface area contributed by atoms with Gasteiger partial charge in [0.25, 0.3) is 0 Å². The standard InChI is InChI=1S/C4H10O2.Zn/c1-3-6-4(2)5;/h4-5H,3H2,1-2H3;. The number of aliphatic hydroxyl groups is 1. The Labute approximate surface area is 56.6 Å². The molecular weight excluding hydrogens is 145 g/mol. The molecule has 0 rings (SSSR count). The van der Waals surface area contributed by atoms with Crippen LogP contribution in [0.25, 0.3) is 0 Å². The third kappa shape index (κ3) is 10.8. The third-order valence-corrected chi connectivity index (χ3v) is 0.408. The Hall–Kier alpha value is 0.543. The van der Waals surface area contributed by atoms with Crippen molar-refractivity contribution in [2.45, 2.75) is 20.1 Å². The summed E-state index contributed by atoms with van der Waals surface area (Å²) >= 11 is 0. The number of aliphatic hydroxyl groups excluding tert-OH is 1. The van der Waals surface area contributed by atoms with E-state index in [2.05, 4.69) is 4.74 Å². The predicted molar refractivity (Wildman–Crippen MR) is 23.3 cm³/mol. The smallest absolute Gasteiger partial charge is 0.151 e. The summed E-state index contributed by atoms with van der Waals surface area (Å²) in [5.74, 6) is 0. The molecule has 0 saturated carbocycles. The van der Waals surface area contributed by atoms with Gasteiger partial charge in [0.2, 0.25) is 0 Å². The molecule has 0 aromatic rings. The van der Waals surface area contributed by atoms with Crippen LogP contribution in [0.3, 0.4) is 0 Å². The van der Waals surface area contributed by atoms with Gasteiger partial charge in [0, 0.05) is 26.1 Å². The molecular formula is C4H10O2Zn. The molecule has 0 saturated heterocycles. The van der Waals surface area contributed by atoms with Gasteiger partial charge in [-0.25, -0.2) is 0 Å². The first-order valence-corrected chi connectivity index (χ1v) is 2.07. The van der Waals surface area contributed by atoms with Gasteiger partial charge in [-0.3, -0.25) is 0 Å². The van der Waals surface area contributed by atoms with E-state index in [4.69, 9.17) is 5.11 Å². The molecule has 1 unspecified atom stereocenters. The summed E-state index contributed by atoms with van der Waals surface area (Å²) in [6.07, 6.45) is -0.602. The second-order valence-corrected chi connectivity index (χ2v) is 1.05. The van der Waals surface area contributed by atoms with Gasteiger partial charge in [-0.2, -0.15) is 0 Å². The van der Waals surface area contributed by atoms with Crippen LogP contribution in [0, 0.1) is 0 Å². The van der Waals surface area contributed by atoms with Crippen molar-refractivity contribution in [1.82, 2.24) is 0 Å². The number of ether oxygens (including phenoxy) is 1. The van der Waals surface area contributed by atoms with E-state index in [1.54, 1.807) is 6.92 Å². The fourth-order valence-electron chi connectivity index (χ4n) is 0.241. The molecule has 0 aliphatic rings. The van der Waals surface area contributed by atoms with Crippen molar-refractivity contribution >= 4 is 0 Å². The van der Waals surface area contributed by atoms with E-state index in [1.165, 1.54) is 0 Å². The molecule has 7 heavy (non-hydrogen) atoms. The van der Waals surface area contributed by atoms with Gasteiger partial charge in [-0.15, -0.1) is 0 Å². The van der Waals surface area contributed by atoms with Crippen LogP contribution in [-0.2, 0) is 24.2 Å². The molecule has 0 radical (unpaired) electrons. The van der Waals surface area contributed by atoms with Crippen LogP contribution in [0.1, 0.15) is 13.8 Å². The monoisotopic (exact) mass is 154 g/mol. The minimum absolute atomic E-state index is 0. The number of hydrogen-bond donors (Lipinski definition) is 1.